The van der Waals surface area contributed by atoms with E-state index in [0.717, 1.165) is 44.1 Å². The van der Waals surface area contributed by atoms with Crippen molar-refractivity contribution in [1.29, 1.82) is 0 Å². The van der Waals surface area contributed by atoms with Crippen molar-refractivity contribution < 1.29 is 4.79 Å². The van der Waals surface area contributed by atoms with Gasteiger partial charge in [-0.15, -0.1) is 0 Å². The van der Waals surface area contributed by atoms with Gasteiger partial charge in [0.15, 0.2) is 0 Å². The number of aromatic nitrogens is 1. The average molecular weight is 395 g/mol. The second-order valence-electron chi connectivity index (χ2n) is 8.43. The first-order chi connectivity index (χ1) is 13.9. The van der Waals surface area contributed by atoms with Crippen LogP contribution >= 0.6 is 0 Å². The van der Waals surface area contributed by atoms with E-state index in [1.165, 1.54) is 11.1 Å². The van der Waals surface area contributed by atoms with E-state index in [1.807, 2.05) is 12.3 Å². The summed E-state index contributed by atoms with van der Waals surface area (Å²) >= 11 is 0. The monoisotopic (exact) mass is 394 g/mol. The van der Waals surface area contributed by atoms with Crippen LogP contribution in [0.3, 0.4) is 0 Å². The Hall–Kier alpha value is -2.40. The topological polar surface area (TPSA) is 48.5 Å². The summed E-state index contributed by atoms with van der Waals surface area (Å²) in [5.74, 6) is 0.577. The minimum absolute atomic E-state index is 0.0958. The van der Waals surface area contributed by atoms with Crippen molar-refractivity contribution >= 4 is 17.3 Å². The predicted molar refractivity (Wildman–Crippen MR) is 121 cm³/mol. The quantitative estimate of drug-likeness (QED) is 0.770. The van der Waals surface area contributed by atoms with Crippen LogP contribution in [0.25, 0.3) is 0 Å². The second-order valence-corrected chi connectivity index (χ2v) is 8.43. The third-order valence-corrected chi connectivity index (χ3v) is 5.78. The van der Waals surface area contributed by atoms with E-state index in [4.69, 9.17) is 0 Å². The fourth-order valence-electron chi connectivity index (χ4n) is 3.93. The maximum atomic E-state index is 13.1. The number of nitrogens with zero attached hydrogens (tertiary/aromatic N) is 3. The van der Waals surface area contributed by atoms with Gasteiger partial charge in [0.1, 0.15) is 0 Å². The lowest BCUT2D eigenvalue weighted by molar-refractivity contribution is 0.102. The SMILES string of the molecule is CCN1CCN(c2cncc(C(=O)Nc3c(C(C)C)cccc3C(C)C)c2)CC1. The van der Waals surface area contributed by atoms with Crippen molar-refractivity contribution in [3.8, 4) is 0 Å². The largest absolute Gasteiger partial charge is 0.368 e. The van der Waals surface area contributed by atoms with E-state index in [1.54, 1.807) is 6.20 Å². The molecule has 1 N–H and O–H groups in total. The molecule has 0 radical (unpaired) electrons. The number of benzene rings is 1. The number of pyridine rings is 1. The van der Waals surface area contributed by atoms with Gasteiger partial charge in [-0.05, 0) is 35.6 Å². The van der Waals surface area contributed by atoms with Gasteiger partial charge in [0.05, 0.1) is 17.4 Å². The van der Waals surface area contributed by atoms with E-state index >= 15 is 0 Å². The molecule has 0 atom stereocenters. The fraction of sp³-hybridized carbons (Fsp3) is 0.500. The minimum atomic E-state index is -0.0958. The minimum Gasteiger partial charge on any atom is -0.368 e. The van der Waals surface area contributed by atoms with Crippen LogP contribution in [0.15, 0.2) is 36.7 Å². The summed E-state index contributed by atoms with van der Waals surface area (Å²) in [7, 11) is 0. The van der Waals surface area contributed by atoms with Crippen LogP contribution in [0, 0.1) is 0 Å². The molecule has 5 heteroatoms. The Morgan fingerprint density at radius 1 is 1.03 bits per heavy atom. The third kappa shape index (κ3) is 4.96. The molecular formula is C24H34N4O. The number of amides is 1. The van der Waals surface area contributed by atoms with Crippen LogP contribution in [-0.4, -0.2) is 48.5 Å². The highest BCUT2D eigenvalue weighted by Gasteiger charge is 2.19. The van der Waals surface area contributed by atoms with Gasteiger partial charge >= 0.3 is 0 Å². The van der Waals surface area contributed by atoms with Crippen LogP contribution < -0.4 is 10.2 Å². The number of para-hydroxylation sites is 1. The molecule has 0 bridgehead atoms. The number of piperazine rings is 1. The molecule has 1 aromatic carbocycles. The van der Waals surface area contributed by atoms with Crippen molar-refractivity contribution in [1.82, 2.24) is 9.88 Å². The van der Waals surface area contributed by atoms with Crippen LogP contribution in [0.4, 0.5) is 11.4 Å². The third-order valence-electron chi connectivity index (χ3n) is 5.78. The highest BCUT2D eigenvalue weighted by molar-refractivity contribution is 6.05. The van der Waals surface area contributed by atoms with Gasteiger partial charge in [-0.2, -0.15) is 0 Å². The Kier molecular flexibility index (Phi) is 6.91. The van der Waals surface area contributed by atoms with E-state index in [9.17, 15) is 4.79 Å². The lowest BCUT2D eigenvalue weighted by Gasteiger charge is -2.35. The summed E-state index contributed by atoms with van der Waals surface area (Å²) in [5.41, 5.74) is 4.92. The standard InChI is InChI=1S/C24H34N4O/c1-6-27-10-12-28(13-11-27)20-14-19(15-25-16-20)24(29)26-23-21(17(2)3)8-7-9-22(23)18(4)5/h7-9,14-18H,6,10-13H2,1-5H3,(H,26,29). The van der Waals surface area contributed by atoms with Gasteiger partial charge in [-0.25, -0.2) is 0 Å². The molecule has 1 aliphatic rings. The summed E-state index contributed by atoms with van der Waals surface area (Å²) in [5, 5.41) is 3.20. The summed E-state index contributed by atoms with van der Waals surface area (Å²) in [6.07, 6.45) is 3.52. The van der Waals surface area contributed by atoms with Crippen molar-refractivity contribution in [2.24, 2.45) is 0 Å². The number of rotatable bonds is 6. The summed E-state index contributed by atoms with van der Waals surface area (Å²) in [6.45, 7) is 16.0. The lowest BCUT2D eigenvalue weighted by Crippen LogP contribution is -2.46. The molecule has 1 amide bonds. The van der Waals surface area contributed by atoms with Gasteiger partial charge in [0, 0.05) is 38.1 Å². The van der Waals surface area contributed by atoms with Crippen LogP contribution in [0.1, 0.15) is 67.9 Å². The molecule has 2 heterocycles. The first kappa shape index (κ1) is 21.3. The Balaban J connectivity index is 1.82. The highest BCUT2D eigenvalue weighted by Crippen LogP contribution is 2.32. The fourth-order valence-corrected chi connectivity index (χ4v) is 3.93. The van der Waals surface area contributed by atoms with E-state index < -0.39 is 0 Å². The lowest BCUT2D eigenvalue weighted by atomic mass is 9.92. The second kappa shape index (κ2) is 9.40. The Labute approximate surface area is 175 Å². The van der Waals surface area contributed by atoms with E-state index in [2.05, 4.69) is 72.9 Å². The zero-order chi connectivity index (χ0) is 21.0. The molecule has 1 aliphatic heterocycles. The summed E-state index contributed by atoms with van der Waals surface area (Å²) in [4.78, 5) is 22.2. The van der Waals surface area contributed by atoms with Crippen molar-refractivity contribution in [3.05, 3.63) is 53.3 Å². The van der Waals surface area contributed by atoms with Crippen LogP contribution in [-0.2, 0) is 0 Å². The molecule has 156 valence electrons. The number of carbonyl (C=O) groups excluding carboxylic acids is 1. The smallest absolute Gasteiger partial charge is 0.257 e. The molecule has 0 spiro atoms. The molecule has 3 rings (SSSR count). The number of likely N-dealkylation sites (N-methyl/N-ethyl adjacent to an activating group) is 1. The molecule has 0 saturated carbocycles. The summed E-state index contributed by atoms with van der Waals surface area (Å²) in [6, 6.07) is 8.26. The molecule has 1 saturated heterocycles. The number of hydrogen-bond acceptors (Lipinski definition) is 4. The van der Waals surface area contributed by atoms with Gasteiger partial charge in [-0.3, -0.25) is 9.78 Å². The zero-order valence-electron chi connectivity index (χ0n) is 18.4. The summed E-state index contributed by atoms with van der Waals surface area (Å²) < 4.78 is 0. The van der Waals surface area contributed by atoms with Crippen LogP contribution in [0.5, 0.6) is 0 Å². The number of carbonyl (C=O) groups is 1. The maximum Gasteiger partial charge on any atom is 0.257 e. The number of anilines is 2. The van der Waals surface area contributed by atoms with Gasteiger partial charge in [0.25, 0.3) is 5.91 Å². The number of nitrogens with one attached hydrogen (secondary N) is 1. The Bertz CT molecular complexity index is 812. The van der Waals surface area contributed by atoms with Crippen molar-refractivity contribution in [2.75, 3.05) is 42.9 Å². The van der Waals surface area contributed by atoms with Gasteiger partial charge < -0.3 is 15.1 Å². The maximum absolute atomic E-state index is 13.1. The Morgan fingerprint density at radius 2 is 1.66 bits per heavy atom. The van der Waals surface area contributed by atoms with Crippen LogP contribution in [0.2, 0.25) is 0 Å². The van der Waals surface area contributed by atoms with Crippen molar-refractivity contribution in [2.45, 2.75) is 46.5 Å². The molecule has 1 aromatic heterocycles. The average Bonchev–Trinajstić information content (AvgIpc) is 2.73. The molecular weight excluding hydrogens is 360 g/mol. The molecule has 5 nitrogen and oxygen atoms in total. The number of hydrogen-bond donors (Lipinski definition) is 1. The Morgan fingerprint density at radius 3 is 2.21 bits per heavy atom. The predicted octanol–water partition coefficient (Wildman–Crippen LogP) is 4.72. The van der Waals surface area contributed by atoms with Gasteiger partial charge in [-0.1, -0.05) is 52.8 Å². The highest BCUT2D eigenvalue weighted by atomic mass is 16.1. The zero-order valence-corrected chi connectivity index (χ0v) is 18.4. The van der Waals surface area contributed by atoms with E-state index in [-0.39, 0.29) is 5.91 Å². The molecule has 0 unspecified atom stereocenters. The van der Waals surface area contributed by atoms with Gasteiger partial charge in [0.2, 0.25) is 0 Å². The first-order valence-electron chi connectivity index (χ1n) is 10.8. The molecule has 1 fully saturated rings. The molecule has 2 aromatic rings. The van der Waals surface area contributed by atoms with E-state index in [0.29, 0.717) is 17.4 Å². The molecule has 0 aliphatic carbocycles. The molecule has 29 heavy (non-hydrogen) atoms. The normalized spacial score (nSPS) is 15.2. The van der Waals surface area contributed by atoms with Crippen molar-refractivity contribution in [3.63, 3.8) is 0 Å². The first-order valence-corrected chi connectivity index (χ1v) is 10.8.